The number of fused-ring (bicyclic) bond motifs is 1. The molecule has 1 aromatic carbocycles. The molecule has 0 radical (unpaired) electrons. The molecule has 3 aromatic heterocycles. The standard InChI is InChI=1S/C24H22F3N7O/c1-23(10-4-5-11-29-23)21-28-12-17-20(31-21)34(22(35)33(17)3)13-15-6-8-16(9-7-15)19-30-18(14-32(19)2)24(25,26)27/h4-12,14,29H,13H2,1-3H3. The molecule has 1 aliphatic rings. The fraction of sp³-hybridized carbons (Fsp3) is 0.250. The molecule has 0 fully saturated rings. The van der Waals surface area contributed by atoms with Gasteiger partial charge in [0.25, 0.3) is 0 Å². The molecule has 4 heterocycles. The minimum absolute atomic E-state index is 0.207. The lowest BCUT2D eigenvalue weighted by Crippen LogP contribution is -2.37. The molecule has 0 amide bonds. The van der Waals surface area contributed by atoms with Crippen LogP contribution in [-0.2, 0) is 32.4 Å². The number of rotatable bonds is 4. The molecule has 0 aliphatic carbocycles. The van der Waals surface area contributed by atoms with Crippen molar-refractivity contribution >= 4 is 11.2 Å². The van der Waals surface area contributed by atoms with Gasteiger partial charge in [-0.05, 0) is 24.8 Å². The fourth-order valence-electron chi connectivity index (χ4n) is 4.09. The summed E-state index contributed by atoms with van der Waals surface area (Å²) in [5.41, 5.74) is 0.628. The molecule has 0 saturated carbocycles. The van der Waals surface area contributed by atoms with Gasteiger partial charge in [-0.25, -0.2) is 19.7 Å². The number of halogens is 3. The normalized spacial score (nSPS) is 17.8. The molecule has 0 saturated heterocycles. The number of aromatic nitrogens is 6. The summed E-state index contributed by atoms with van der Waals surface area (Å²) in [6.45, 7) is 2.18. The van der Waals surface area contributed by atoms with Crippen LogP contribution in [0, 0.1) is 0 Å². The molecule has 1 N–H and O–H groups in total. The highest BCUT2D eigenvalue weighted by atomic mass is 19.4. The van der Waals surface area contributed by atoms with Crippen LogP contribution in [0.4, 0.5) is 13.2 Å². The van der Waals surface area contributed by atoms with Gasteiger partial charge in [-0.3, -0.25) is 9.13 Å². The van der Waals surface area contributed by atoms with Gasteiger partial charge in [0.2, 0.25) is 0 Å². The van der Waals surface area contributed by atoms with Crippen molar-refractivity contribution in [2.45, 2.75) is 25.2 Å². The number of alkyl halides is 3. The summed E-state index contributed by atoms with van der Waals surface area (Å²) < 4.78 is 43.4. The first kappa shape index (κ1) is 22.6. The first-order valence-corrected chi connectivity index (χ1v) is 10.8. The van der Waals surface area contributed by atoms with Gasteiger partial charge < -0.3 is 9.88 Å². The van der Waals surface area contributed by atoms with E-state index >= 15 is 0 Å². The second-order valence-electron chi connectivity index (χ2n) is 8.65. The van der Waals surface area contributed by atoms with Crippen molar-refractivity contribution in [3.05, 3.63) is 88.7 Å². The van der Waals surface area contributed by atoms with Gasteiger partial charge in [-0.1, -0.05) is 36.4 Å². The van der Waals surface area contributed by atoms with E-state index in [-0.39, 0.29) is 18.1 Å². The van der Waals surface area contributed by atoms with Gasteiger partial charge in [-0.15, -0.1) is 0 Å². The van der Waals surface area contributed by atoms with Crippen molar-refractivity contribution in [3.8, 4) is 11.4 Å². The number of hydrogen-bond acceptors (Lipinski definition) is 5. The Bertz CT molecular complexity index is 1540. The third-order valence-corrected chi connectivity index (χ3v) is 6.09. The maximum atomic E-state index is 13.0. The van der Waals surface area contributed by atoms with Crippen LogP contribution in [0.2, 0.25) is 0 Å². The van der Waals surface area contributed by atoms with Crippen molar-refractivity contribution in [1.82, 2.24) is 34.0 Å². The molecular formula is C24H22F3N7O. The van der Waals surface area contributed by atoms with E-state index in [0.29, 0.717) is 22.6 Å². The lowest BCUT2D eigenvalue weighted by Gasteiger charge is -2.26. The lowest BCUT2D eigenvalue weighted by atomic mass is 9.99. The van der Waals surface area contributed by atoms with E-state index in [1.807, 2.05) is 31.4 Å². The van der Waals surface area contributed by atoms with E-state index in [0.717, 1.165) is 11.8 Å². The molecule has 1 aliphatic heterocycles. The summed E-state index contributed by atoms with van der Waals surface area (Å²) in [4.78, 5) is 25.9. The second kappa shape index (κ2) is 7.97. The Morgan fingerprint density at radius 3 is 2.46 bits per heavy atom. The third kappa shape index (κ3) is 3.92. The van der Waals surface area contributed by atoms with Gasteiger partial charge >= 0.3 is 11.9 Å². The molecule has 0 spiro atoms. The van der Waals surface area contributed by atoms with E-state index < -0.39 is 17.4 Å². The summed E-state index contributed by atoms with van der Waals surface area (Å²) in [5.74, 6) is 0.731. The molecule has 11 heteroatoms. The predicted octanol–water partition coefficient (Wildman–Crippen LogP) is 3.49. The van der Waals surface area contributed by atoms with Gasteiger partial charge in [0, 0.05) is 25.9 Å². The zero-order chi connectivity index (χ0) is 25.0. The minimum atomic E-state index is -4.51. The van der Waals surface area contributed by atoms with Crippen molar-refractivity contribution in [2.75, 3.05) is 0 Å². The van der Waals surface area contributed by atoms with Crippen LogP contribution in [0.1, 0.15) is 24.0 Å². The Labute approximate surface area is 198 Å². The van der Waals surface area contributed by atoms with E-state index in [1.54, 1.807) is 42.1 Å². The van der Waals surface area contributed by atoms with Crippen LogP contribution in [0.15, 0.2) is 65.9 Å². The molecule has 4 aromatic rings. The van der Waals surface area contributed by atoms with Crippen LogP contribution < -0.4 is 11.0 Å². The molecular weight excluding hydrogens is 459 g/mol. The Balaban J connectivity index is 1.49. The molecule has 1 atom stereocenters. The van der Waals surface area contributed by atoms with E-state index in [1.165, 1.54) is 16.2 Å². The van der Waals surface area contributed by atoms with E-state index in [9.17, 15) is 18.0 Å². The number of allylic oxidation sites excluding steroid dienone is 2. The SMILES string of the molecule is Cn1cc(C(F)(F)F)nc1-c1ccc(Cn2c(=O)n(C)c3cnc(C4(C)C=CC=CN4)nc32)cc1. The van der Waals surface area contributed by atoms with Crippen LogP contribution >= 0.6 is 0 Å². The quantitative estimate of drug-likeness (QED) is 0.483. The second-order valence-corrected chi connectivity index (χ2v) is 8.65. The van der Waals surface area contributed by atoms with Gasteiger partial charge in [0.05, 0.1) is 12.7 Å². The average Bonchev–Trinajstić information content (AvgIpc) is 3.34. The topological polar surface area (TPSA) is 82.6 Å². The lowest BCUT2D eigenvalue weighted by molar-refractivity contribution is -0.140. The molecule has 180 valence electrons. The smallest absolute Gasteiger partial charge is 0.376 e. The summed E-state index contributed by atoms with van der Waals surface area (Å²) in [5, 5.41) is 3.24. The number of benzene rings is 1. The average molecular weight is 481 g/mol. The van der Waals surface area contributed by atoms with Gasteiger partial charge in [0.15, 0.2) is 17.2 Å². The van der Waals surface area contributed by atoms with Gasteiger partial charge in [-0.2, -0.15) is 13.2 Å². The number of aryl methyl sites for hydroxylation is 2. The summed E-state index contributed by atoms with van der Waals surface area (Å²) in [6.07, 6.45) is 5.62. The van der Waals surface area contributed by atoms with E-state index in [2.05, 4.69) is 15.3 Å². The Morgan fingerprint density at radius 1 is 1.09 bits per heavy atom. The third-order valence-electron chi connectivity index (χ3n) is 6.09. The molecule has 0 bridgehead atoms. The highest BCUT2D eigenvalue weighted by Crippen LogP contribution is 2.30. The molecule has 35 heavy (non-hydrogen) atoms. The van der Waals surface area contributed by atoms with Gasteiger partial charge in [0.1, 0.15) is 16.9 Å². The number of nitrogens with zero attached hydrogens (tertiary/aromatic N) is 6. The van der Waals surface area contributed by atoms with Crippen LogP contribution in [0.25, 0.3) is 22.6 Å². The zero-order valence-electron chi connectivity index (χ0n) is 19.2. The maximum absolute atomic E-state index is 13.0. The summed E-state index contributed by atoms with van der Waals surface area (Å²) in [7, 11) is 3.18. The minimum Gasteiger partial charge on any atom is -0.376 e. The zero-order valence-corrected chi connectivity index (χ0v) is 19.2. The number of hydrogen-bond donors (Lipinski definition) is 1. The highest BCUT2D eigenvalue weighted by Gasteiger charge is 2.34. The van der Waals surface area contributed by atoms with Crippen LogP contribution in [0.3, 0.4) is 0 Å². The Kier molecular flexibility index (Phi) is 5.15. The Morgan fingerprint density at radius 2 is 1.83 bits per heavy atom. The Hall–Kier alpha value is -4.15. The number of dihydropyridines is 1. The van der Waals surface area contributed by atoms with Crippen LogP contribution in [0.5, 0.6) is 0 Å². The molecule has 5 rings (SSSR count). The predicted molar refractivity (Wildman–Crippen MR) is 124 cm³/mol. The fourth-order valence-corrected chi connectivity index (χ4v) is 4.09. The summed E-state index contributed by atoms with van der Waals surface area (Å²) in [6, 6.07) is 6.92. The van der Waals surface area contributed by atoms with Crippen LogP contribution in [-0.4, -0.2) is 28.7 Å². The summed E-state index contributed by atoms with van der Waals surface area (Å²) >= 11 is 0. The van der Waals surface area contributed by atoms with Crippen molar-refractivity contribution in [2.24, 2.45) is 14.1 Å². The van der Waals surface area contributed by atoms with E-state index in [4.69, 9.17) is 4.98 Å². The number of imidazole rings is 2. The first-order valence-electron chi connectivity index (χ1n) is 10.8. The van der Waals surface area contributed by atoms with Crippen molar-refractivity contribution in [1.29, 1.82) is 0 Å². The maximum Gasteiger partial charge on any atom is 0.434 e. The first-order chi connectivity index (χ1) is 16.6. The number of nitrogens with one attached hydrogen (secondary N) is 1. The largest absolute Gasteiger partial charge is 0.434 e. The molecule has 8 nitrogen and oxygen atoms in total. The van der Waals surface area contributed by atoms with Crippen molar-refractivity contribution in [3.63, 3.8) is 0 Å². The van der Waals surface area contributed by atoms with Crippen molar-refractivity contribution < 1.29 is 13.2 Å². The highest BCUT2D eigenvalue weighted by molar-refractivity contribution is 5.71. The monoisotopic (exact) mass is 481 g/mol. The molecule has 1 unspecified atom stereocenters.